The molecule has 86 valence electrons. The van der Waals surface area contributed by atoms with Crippen LogP contribution in [-0.4, -0.2) is 11.5 Å². The van der Waals surface area contributed by atoms with Crippen molar-refractivity contribution in [2.45, 2.75) is 6.42 Å². The van der Waals surface area contributed by atoms with Gasteiger partial charge in [-0.05, 0) is 36.2 Å². The van der Waals surface area contributed by atoms with E-state index in [0.29, 0.717) is 5.82 Å². The predicted octanol–water partition coefficient (Wildman–Crippen LogP) is 2.50. The van der Waals surface area contributed by atoms with E-state index < -0.39 is 0 Å². The lowest BCUT2D eigenvalue weighted by Gasteiger charge is -2.19. The monoisotopic (exact) mass is 229 g/mol. The van der Waals surface area contributed by atoms with Gasteiger partial charge >= 0.3 is 0 Å². The standard InChI is InChI=1S/C13H12FN3/c14-10-2-1-9-5-6-17(12(9)7-10)11-3-4-13(15)16-8-11/h1-4,7-8H,5-6H2,(H2,15,16). The first kappa shape index (κ1) is 10.1. The molecule has 1 aliphatic heterocycles. The van der Waals surface area contributed by atoms with Gasteiger partial charge in [-0.1, -0.05) is 6.07 Å². The predicted molar refractivity (Wildman–Crippen MR) is 65.8 cm³/mol. The largest absolute Gasteiger partial charge is 0.384 e. The van der Waals surface area contributed by atoms with Gasteiger partial charge in [0.25, 0.3) is 0 Å². The first-order chi connectivity index (χ1) is 8.24. The summed E-state index contributed by atoms with van der Waals surface area (Å²) < 4.78 is 13.3. The Morgan fingerprint density at radius 2 is 2.12 bits per heavy atom. The average molecular weight is 229 g/mol. The van der Waals surface area contributed by atoms with Crippen LogP contribution in [0.15, 0.2) is 36.5 Å². The molecule has 0 atom stereocenters. The van der Waals surface area contributed by atoms with Gasteiger partial charge in [0.15, 0.2) is 0 Å². The lowest BCUT2D eigenvalue weighted by molar-refractivity contribution is 0.628. The molecule has 0 bridgehead atoms. The molecule has 1 aromatic heterocycles. The van der Waals surface area contributed by atoms with E-state index >= 15 is 0 Å². The molecule has 1 aliphatic rings. The summed E-state index contributed by atoms with van der Waals surface area (Å²) in [5.41, 5.74) is 8.60. The number of nitrogens with zero attached hydrogens (tertiary/aromatic N) is 2. The molecular formula is C13H12FN3. The van der Waals surface area contributed by atoms with Crippen molar-refractivity contribution in [1.82, 2.24) is 4.98 Å². The van der Waals surface area contributed by atoms with Crippen molar-refractivity contribution in [1.29, 1.82) is 0 Å². The minimum absolute atomic E-state index is 0.209. The summed E-state index contributed by atoms with van der Waals surface area (Å²) in [7, 11) is 0. The molecule has 0 radical (unpaired) electrons. The Kier molecular flexibility index (Phi) is 2.21. The Labute approximate surface area is 98.7 Å². The molecule has 0 fully saturated rings. The summed E-state index contributed by atoms with van der Waals surface area (Å²) >= 11 is 0. The topological polar surface area (TPSA) is 42.1 Å². The van der Waals surface area contributed by atoms with E-state index in [1.807, 2.05) is 12.1 Å². The Morgan fingerprint density at radius 1 is 1.24 bits per heavy atom. The number of rotatable bonds is 1. The summed E-state index contributed by atoms with van der Waals surface area (Å²) in [4.78, 5) is 6.12. The maximum absolute atomic E-state index is 13.3. The van der Waals surface area contributed by atoms with Crippen molar-refractivity contribution in [2.75, 3.05) is 17.2 Å². The summed E-state index contributed by atoms with van der Waals surface area (Å²) in [5, 5.41) is 0. The third-order valence-corrected chi connectivity index (χ3v) is 3.03. The molecule has 0 amide bonds. The molecule has 3 nitrogen and oxygen atoms in total. The van der Waals surface area contributed by atoms with Gasteiger partial charge in [-0.15, -0.1) is 0 Å². The Morgan fingerprint density at radius 3 is 2.88 bits per heavy atom. The first-order valence-electron chi connectivity index (χ1n) is 5.51. The molecule has 3 rings (SSSR count). The number of halogens is 1. The summed E-state index contributed by atoms with van der Waals surface area (Å²) in [5.74, 6) is 0.284. The van der Waals surface area contributed by atoms with Crippen LogP contribution in [0.1, 0.15) is 5.56 Å². The highest BCUT2D eigenvalue weighted by Gasteiger charge is 2.20. The van der Waals surface area contributed by atoms with Gasteiger partial charge in [-0.3, -0.25) is 0 Å². The summed E-state index contributed by atoms with van der Waals surface area (Å²) in [6, 6.07) is 8.58. The first-order valence-corrected chi connectivity index (χ1v) is 5.51. The molecule has 17 heavy (non-hydrogen) atoms. The fraction of sp³-hybridized carbons (Fsp3) is 0.154. The van der Waals surface area contributed by atoms with E-state index in [-0.39, 0.29) is 5.82 Å². The molecular weight excluding hydrogens is 217 g/mol. The average Bonchev–Trinajstić information content (AvgIpc) is 2.73. The van der Waals surface area contributed by atoms with Crippen molar-refractivity contribution in [3.63, 3.8) is 0 Å². The van der Waals surface area contributed by atoms with E-state index in [4.69, 9.17) is 5.73 Å². The third-order valence-electron chi connectivity index (χ3n) is 3.03. The molecule has 2 aromatic rings. The van der Waals surface area contributed by atoms with Crippen molar-refractivity contribution < 1.29 is 4.39 Å². The zero-order valence-electron chi connectivity index (χ0n) is 9.23. The maximum Gasteiger partial charge on any atom is 0.125 e. The number of benzene rings is 1. The number of pyridine rings is 1. The minimum Gasteiger partial charge on any atom is -0.384 e. The van der Waals surface area contributed by atoms with Crippen LogP contribution in [0.25, 0.3) is 0 Å². The lowest BCUT2D eigenvalue weighted by Crippen LogP contribution is -2.13. The normalized spacial score (nSPS) is 13.8. The number of hydrogen-bond acceptors (Lipinski definition) is 3. The van der Waals surface area contributed by atoms with Crippen molar-refractivity contribution in [2.24, 2.45) is 0 Å². The lowest BCUT2D eigenvalue weighted by atomic mass is 10.2. The second-order valence-electron chi connectivity index (χ2n) is 4.12. The fourth-order valence-electron chi connectivity index (χ4n) is 2.18. The third kappa shape index (κ3) is 1.71. The van der Waals surface area contributed by atoms with Crippen molar-refractivity contribution >= 4 is 17.2 Å². The number of nitrogens with two attached hydrogens (primary N) is 1. The molecule has 0 spiro atoms. The molecule has 2 heterocycles. The molecule has 4 heteroatoms. The quantitative estimate of drug-likeness (QED) is 0.816. The highest BCUT2D eigenvalue weighted by Crippen LogP contribution is 2.34. The van der Waals surface area contributed by atoms with Crippen LogP contribution in [0.4, 0.5) is 21.6 Å². The molecule has 2 N–H and O–H groups in total. The zero-order valence-corrected chi connectivity index (χ0v) is 9.23. The summed E-state index contributed by atoms with van der Waals surface area (Å²) in [6.07, 6.45) is 2.65. The number of nitrogen functional groups attached to an aromatic ring is 1. The second kappa shape index (κ2) is 3.73. The van der Waals surface area contributed by atoms with E-state index in [1.54, 1.807) is 18.3 Å². The van der Waals surface area contributed by atoms with Crippen LogP contribution in [0.2, 0.25) is 0 Å². The van der Waals surface area contributed by atoms with Gasteiger partial charge in [-0.2, -0.15) is 0 Å². The molecule has 1 aromatic carbocycles. The van der Waals surface area contributed by atoms with E-state index in [9.17, 15) is 4.39 Å². The van der Waals surface area contributed by atoms with Crippen LogP contribution < -0.4 is 10.6 Å². The van der Waals surface area contributed by atoms with Crippen molar-refractivity contribution in [3.05, 3.63) is 47.9 Å². The number of aromatic nitrogens is 1. The van der Waals surface area contributed by atoms with E-state index in [0.717, 1.165) is 24.3 Å². The van der Waals surface area contributed by atoms with Crippen LogP contribution in [0, 0.1) is 5.82 Å². The minimum atomic E-state index is -0.209. The second-order valence-corrected chi connectivity index (χ2v) is 4.12. The maximum atomic E-state index is 13.3. The van der Waals surface area contributed by atoms with E-state index in [2.05, 4.69) is 9.88 Å². The van der Waals surface area contributed by atoms with Crippen LogP contribution in [-0.2, 0) is 6.42 Å². The molecule has 0 aliphatic carbocycles. The highest BCUT2D eigenvalue weighted by molar-refractivity contribution is 5.69. The number of fused-ring (bicyclic) bond motifs is 1. The smallest absolute Gasteiger partial charge is 0.125 e. The van der Waals surface area contributed by atoms with Gasteiger partial charge in [-0.25, -0.2) is 9.37 Å². The zero-order chi connectivity index (χ0) is 11.8. The number of hydrogen-bond donors (Lipinski definition) is 1. The molecule has 0 unspecified atom stereocenters. The fourth-order valence-corrected chi connectivity index (χ4v) is 2.18. The van der Waals surface area contributed by atoms with Crippen LogP contribution in [0.5, 0.6) is 0 Å². The van der Waals surface area contributed by atoms with Gasteiger partial charge in [0, 0.05) is 12.2 Å². The van der Waals surface area contributed by atoms with Crippen LogP contribution in [0.3, 0.4) is 0 Å². The van der Waals surface area contributed by atoms with Gasteiger partial charge in [0.2, 0.25) is 0 Å². The van der Waals surface area contributed by atoms with Gasteiger partial charge in [0.1, 0.15) is 11.6 Å². The van der Waals surface area contributed by atoms with Crippen LogP contribution >= 0.6 is 0 Å². The highest BCUT2D eigenvalue weighted by atomic mass is 19.1. The Bertz CT molecular complexity index is 551. The molecule has 0 saturated heterocycles. The van der Waals surface area contributed by atoms with Crippen molar-refractivity contribution in [3.8, 4) is 0 Å². The Balaban J connectivity index is 2.03. The Hall–Kier alpha value is -2.10. The summed E-state index contributed by atoms with van der Waals surface area (Å²) in [6.45, 7) is 0.852. The van der Waals surface area contributed by atoms with Gasteiger partial charge < -0.3 is 10.6 Å². The van der Waals surface area contributed by atoms with Gasteiger partial charge in [0.05, 0.1) is 11.9 Å². The SMILES string of the molecule is Nc1ccc(N2CCc3ccc(F)cc32)cn1. The van der Waals surface area contributed by atoms with E-state index in [1.165, 1.54) is 11.6 Å². The number of anilines is 3. The molecule has 0 saturated carbocycles.